The van der Waals surface area contributed by atoms with Gasteiger partial charge in [0, 0.05) is 31.4 Å². The van der Waals surface area contributed by atoms with E-state index in [2.05, 4.69) is 22.5 Å². The summed E-state index contributed by atoms with van der Waals surface area (Å²) >= 11 is 0. The summed E-state index contributed by atoms with van der Waals surface area (Å²) in [5, 5.41) is 6.34. The Labute approximate surface area is 220 Å². The molecule has 0 saturated carbocycles. The Kier molecular flexibility index (Phi) is 9.19. The van der Waals surface area contributed by atoms with Crippen LogP contribution in [0.2, 0.25) is 0 Å². The fourth-order valence-electron chi connectivity index (χ4n) is 5.08. The van der Waals surface area contributed by atoms with Crippen molar-refractivity contribution in [3.63, 3.8) is 0 Å². The lowest BCUT2D eigenvalue weighted by Crippen LogP contribution is -2.46. The van der Waals surface area contributed by atoms with Crippen LogP contribution in [0.1, 0.15) is 53.6 Å². The molecule has 194 valence electrons. The Morgan fingerprint density at radius 3 is 2.35 bits per heavy atom. The van der Waals surface area contributed by atoms with Crippen molar-refractivity contribution < 1.29 is 14.3 Å². The summed E-state index contributed by atoms with van der Waals surface area (Å²) < 4.78 is 5.41. The molecule has 1 aliphatic heterocycles. The maximum atomic E-state index is 13.1. The van der Waals surface area contributed by atoms with Crippen molar-refractivity contribution in [3.05, 3.63) is 95.6 Å². The first-order valence-electron chi connectivity index (χ1n) is 13.2. The third-order valence-electron chi connectivity index (χ3n) is 7.13. The molecule has 0 bridgehead atoms. The van der Waals surface area contributed by atoms with Crippen LogP contribution in [0.25, 0.3) is 0 Å². The monoisotopic (exact) mass is 499 g/mol. The Bertz CT molecular complexity index is 1170. The minimum atomic E-state index is -0.125. The van der Waals surface area contributed by atoms with E-state index in [1.54, 1.807) is 7.11 Å². The van der Waals surface area contributed by atoms with Crippen LogP contribution in [-0.2, 0) is 11.2 Å². The number of piperidine rings is 1. The number of methoxy groups -OCH3 is 1. The lowest BCUT2D eigenvalue weighted by atomic mass is 9.94. The molecule has 0 aliphatic carbocycles. The molecule has 37 heavy (non-hydrogen) atoms. The number of ether oxygens (including phenoxy) is 1. The Hall–Kier alpha value is -3.80. The van der Waals surface area contributed by atoms with Gasteiger partial charge in [-0.15, -0.1) is 0 Å². The maximum Gasteiger partial charge on any atom is 0.253 e. The zero-order valence-corrected chi connectivity index (χ0v) is 21.8. The molecule has 6 nitrogen and oxygen atoms in total. The molecule has 4 rings (SSSR count). The molecule has 2 amide bonds. The van der Waals surface area contributed by atoms with Crippen molar-refractivity contribution in [1.29, 1.82) is 0 Å². The highest BCUT2D eigenvalue weighted by Crippen LogP contribution is 2.26. The van der Waals surface area contributed by atoms with Crippen molar-refractivity contribution in [2.24, 2.45) is 0 Å². The van der Waals surface area contributed by atoms with E-state index in [9.17, 15) is 9.59 Å². The summed E-state index contributed by atoms with van der Waals surface area (Å²) in [7, 11) is 1.66. The number of hydrogen-bond acceptors (Lipinski definition) is 4. The van der Waals surface area contributed by atoms with E-state index >= 15 is 0 Å². The van der Waals surface area contributed by atoms with E-state index in [1.165, 1.54) is 0 Å². The Morgan fingerprint density at radius 2 is 1.62 bits per heavy atom. The number of nitrogens with one attached hydrogen (secondary N) is 2. The largest absolute Gasteiger partial charge is 0.496 e. The number of para-hydroxylation sites is 2. The molecule has 1 atom stereocenters. The lowest BCUT2D eigenvalue weighted by Gasteiger charge is -2.35. The van der Waals surface area contributed by atoms with E-state index in [4.69, 9.17) is 4.74 Å². The van der Waals surface area contributed by atoms with Gasteiger partial charge in [0.1, 0.15) is 5.75 Å². The topological polar surface area (TPSA) is 70.7 Å². The molecule has 0 aromatic heterocycles. The molecule has 0 radical (unpaired) electrons. The zero-order valence-electron chi connectivity index (χ0n) is 21.8. The van der Waals surface area contributed by atoms with Crippen molar-refractivity contribution in [3.8, 4) is 5.75 Å². The van der Waals surface area contributed by atoms with Crippen LogP contribution in [0.5, 0.6) is 5.75 Å². The van der Waals surface area contributed by atoms with Crippen LogP contribution in [0.4, 0.5) is 5.69 Å². The summed E-state index contributed by atoms with van der Waals surface area (Å²) in [5.74, 6) is 0.734. The second-order valence-corrected chi connectivity index (χ2v) is 9.48. The summed E-state index contributed by atoms with van der Waals surface area (Å²) in [6.07, 6.45) is 3.17. The predicted molar refractivity (Wildman–Crippen MR) is 148 cm³/mol. The van der Waals surface area contributed by atoms with Gasteiger partial charge in [-0.2, -0.15) is 0 Å². The molecular formula is C31H37N3O3. The summed E-state index contributed by atoms with van der Waals surface area (Å²) in [4.78, 5) is 28.3. The van der Waals surface area contributed by atoms with Gasteiger partial charge in [-0.1, -0.05) is 67.6 Å². The number of rotatable bonds is 10. The zero-order chi connectivity index (χ0) is 26.0. The Balaban J connectivity index is 1.32. The highest BCUT2D eigenvalue weighted by molar-refractivity contribution is 5.99. The first-order chi connectivity index (χ1) is 18.1. The molecule has 0 spiro atoms. The second-order valence-electron chi connectivity index (χ2n) is 9.48. The van der Waals surface area contributed by atoms with Crippen molar-refractivity contribution in [1.82, 2.24) is 10.6 Å². The van der Waals surface area contributed by atoms with Crippen LogP contribution in [-0.4, -0.2) is 44.6 Å². The SMILES string of the molecule is CC[C@@H](C(=O)NC1CCN(c2ccccc2C(=O)NCCc2ccccc2OC)CC1)c1ccccc1. The average Bonchev–Trinajstić information content (AvgIpc) is 2.94. The molecule has 6 heteroatoms. The van der Waals surface area contributed by atoms with Gasteiger partial charge in [-0.25, -0.2) is 0 Å². The molecule has 1 fully saturated rings. The van der Waals surface area contributed by atoms with Crippen LogP contribution in [0.3, 0.4) is 0 Å². The molecule has 2 N–H and O–H groups in total. The Morgan fingerprint density at radius 1 is 0.946 bits per heavy atom. The normalized spacial score (nSPS) is 14.6. The number of carbonyl (C=O) groups is 2. The highest BCUT2D eigenvalue weighted by Gasteiger charge is 2.26. The molecule has 1 saturated heterocycles. The van der Waals surface area contributed by atoms with Crippen molar-refractivity contribution in [2.75, 3.05) is 31.6 Å². The number of benzene rings is 3. The van der Waals surface area contributed by atoms with Gasteiger partial charge in [-0.05, 0) is 55.0 Å². The number of anilines is 1. The van der Waals surface area contributed by atoms with Gasteiger partial charge in [0.2, 0.25) is 5.91 Å². The van der Waals surface area contributed by atoms with Gasteiger partial charge in [0.05, 0.1) is 18.6 Å². The number of amides is 2. The fourth-order valence-corrected chi connectivity index (χ4v) is 5.08. The second kappa shape index (κ2) is 12.9. The fraction of sp³-hybridized carbons (Fsp3) is 0.355. The minimum absolute atomic E-state index is 0.0745. The van der Waals surface area contributed by atoms with E-state index in [-0.39, 0.29) is 23.8 Å². The quantitative estimate of drug-likeness (QED) is 0.414. The van der Waals surface area contributed by atoms with Crippen molar-refractivity contribution >= 4 is 17.5 Å². The average molecular weight is 500 g/mol. The number of carbonyl (C=O) groups excluding carboxylic acids is 2. The van der Waals surface area contributed by atoms with E-state index in [0.29, 0.717) is 18.5 Å². The highest BCUT2D eigenvalue weighted by atomic mass is 16.5. The van der Waals surface area contributed by atoms with Crippen LogP contribution in [0.15, 0.2) is 78.9 Å². The molecule has 3 aromatic rings. The van der Waals surface area contributed by atoms with Gasteiger partial charge < -0.3 is 20.3 Å². The van der Waals surface area contributed by atoms with Crippen LogP contribution in [0, 0.1) is 0 Å². The first-order valence-corrected chi connectivity index (χ1v) is 13.2. The molecule has 1 aliphatic rings. The smallest absolute Gasteiger partial charge is 0.253 e. The molecule has 3 aromatic carbocycles. The van der Waals surface area contributed by atoms with E-state index in [1.807, 2.05) is 78.9 Å². The van der Waals surface area contributed by atoms with Crippen LogP contribution >= 0.6 is 0 Å². The molecule has 1 heterocycles. The van der Waals surface area contributed by atoms with Gasteiger partial charge in [0.15, 0.2) is 0 Å². The summed E-state index contributed by atoms with van der Waals surface area (Å²) in [5.41, 5.74) is 3.75. The van der Waals surface area contributed by atoms with Gasteiger partial charge in [0.25, 0.3) is 5.91 Å². The van der Waals surface area contributed by atoms with Crippen molar-refractivity contribution in [2.45, 2.75) is 44.6 Å². The lowest BCUT2D eigenvalue weighted by molar-refractivity contribution is -0.123. The van der Waals surface area contributed by atoms with Gasteiger partial charge >= 0.3 is 0 Å². The van der Waals surface area contributed by atoms with E-state index in [0.717, 1.165) is 54.9 Å². The minimum Gasteiger partial charge on any atom is -0.496 e. The summed E-state index contributed by atoms with van der Waals surface area (Å²) in [6, 6.07) is 25.8. The standard InChI is InChI=1S/C31H37N3O3/c1-3-26(23-11-5-4-6-12-23)31(36)33-25-18-21-34(22-19-25)28-15-9-8-14-27(28)30(35)32-20-17-24-13-7-10-16-29(24)37-2/h4-16,25-26H,3,17-22H2,1-2H3,(H,32,35)(H,33,36)/t26-/m1/s1. The van der Waals surface area contributed by atoms with E-state index < -0.39 is 0 Å². The maximum absolute atomic E-state index is 13.1. The third-order valence-corrected chi connectivity index (χ3v) is 7.13. The van der Waals surface area contributed by atoms with Gasteiger partial charge in [-0.3, -0.25) is 9.59 Å². The third kappa shape index (κ3) is 6.70. The number of nitrogens with zero attached hydrogens (tertiary/aromatic N) is 1. The van der Waals surface area contributed by atoms with Crippen LogP contribution < -0.4 is 20.3 Å². The summed E-state index contributed by atoms with van der Waals surface area (Å²) in [6.45, 7) is 4.16. The predicted octanol–water partition coefficient (Wildman–Crippen LogP) is 4.95. The molecular weight excluding hydrogens is 462 g/mol. The number of hydrogen-bond donors (Lipinski definition) is 2. The molecule has 0 unspecified atom stereocenters. The first kappa shape index (κ1) is 26.3.